The lowest BCUT2D eigenvalue weighted by atomic mass is 9.97. The molecule has 39 heavy (non-hydrogen) atoms. The molecule has 0 unspecified atom stereocenters. The van der Waals surface area contributed by atoms with Gasteiger partial charge in [-0.05, 0) is 86.9 Å². The molecule has 1 aliphatic heterocycles. The van der Waals surface area contributed by atoms with E-state index in [1.165, 1.54) is 6.07 Å². The van der Waals surface area contributed by atoms with Crippen molar-refractivity contribution in [2.45, 2.75) is 66.0 Å². The van der Waals surface area contributed by atoms with Gasteiger partial charge in [-0.2, -0.15) is 5.10 Å². The van der Waals surface area contributed by atoms with Crippen LogP contribution in [0.4, 0.5) is 4.39 Å². The standard InChI is InChI=1S/C31H35ClFN3O3/c1-5-25-29-27(35(4)34-25)18-38-13-7-6-12-36-26(17-37)22(23-10-11-24(33)28(29)31(23)36)9-8-14-39-21-15-19(2)30(32)20(3)16-21/h10-11,15-17H,5-9,12-14,18H2,1-4H3. The number of carbonyl (C=O) groups is 1. The van der Waals surface area contributed by atoms with Crippen LogP contribution in [0.25, 0.3) is 22.0 Å². The largest absolute Gasteiger partial charge is 0.494 e. The summed E-state index contributed by atoms with van der Waals surface area (Å²) in [5.74, 6) is 0.468. The van der Waals surface area contributed by atoms with E-state index in [4.69, 9.17) is 26.2 Å². The molecule has 5 rings (SSSR count). The molecule has 0 amide bonds. The number of nitrogens with zero attached hydrogens (tertiary/aromatic N) is 3. The number of halogens is 2. The molecule has 3 heterocycles. The molecule has 2 aromatic heterocycles. The number of ether oxygens (including phenoxy) is 2. The van der Waals surface area contributed by atoms with Gasteiger partial charge in [-0.3, -0.25) is 9.48 Å². The molecule has 4 aromatic rings. The third-order valence-corrected chi connectivity index (χ3v) is 8.26. The second-order valence-corrected chi connectivity index (χ2v) is 10.7. The Hall–Kier alpha value is -3.16. The zero-order chi connectivity index (χ0) is 27.7. The zero-order valence-electron chi connectivity index (χ0n) is 23.1. The average Bonchev–Trinajstić information content (AvgIpc) is 3.38. The highest BCUT2D eigenvalue weighted by Crippen LogP contribution is 2.40. The van der Waals surface area contributed by atoms with Crippen molar-refractivity contribution < 1.29 is 18.7 Å². The minimum atomic E-state index is -0.315. The van der Waals surface area contributed by atoms with Crippen molar-refractivity contribution in [1.29, 1.82) is 0 Å². The van der Waals surface area contributed by atoms with Crippen LogP contribution in [0.15, 0.2) is 24.3 Å². The third-order valence-electron chi connectivity index (χ3n) is 7.67. The predicted molar refractivity (Wildman–Crippen MR) is 152 cm³/mol. The van der Waals surface area contributed by atoms with E-state index < -0.39 is 0 Å². The Kier molecular flexibility index (Phi) is 8.10. The van der Waals surface area contributed by atoms with Gasteiger partial charge < -0.3 is 14.0 Å². The lowest BCUT2D eigenvalue weighted by molar-refractivity contribution is 0.110. The number of benzene rings is 2. The summed E-state index contributed by atoms with van der Waals surface area (Å²) in [7, 11) is 1.88. The van der Waals surface area contributed by atoms with Crippen molar-refractivity contribution in [3.05, 3.63) is 68.9 Å². The summed E-state index contributed by atoms with van der Waals surface area (Å²) in [5.41, 5.74) is 7.24. The van der Waals surface area contributed by atoms with E-state index in [2.05, 4.69) is 0 Å². The van der Waals surface area contributed by atoms with Crippen LogP contribution in [0.1, 0.15) is 64.8 Å². The molecule has 1 aliphatic rings. The first-order valence-electron chi connectivity index (χ1n) is 13.7. The van der Waals surface area contributed by atoms with Gasteiger partial charge >= 0.3 is 0 Å². The fourth-order valence-corrected chi connectivity index (χ4v) is 5.88. The Bertz CT molecular complexity index is 1520. The highest BCUT2D eigenvalue weighted by Gasteiger charge is 2.27. The van der Waals surface area contributed by atoms with Crippen LogP contribution < -0.4 is 4.74 Å². The summed E-state index contributed by atoms with van der Waals surface area (Å²) in [6, 6.07) is 7.22. The lowest BCUT2D eigenvalue weighted by Crippen LogP contribution is -2.07. The minimum Gasteiger partial charge on any atom is -0.494 e. The van der Waals surface area contributed by atoms with E-state index in [0.29, 0.717) is 56.9 Å². The normalized spacial score (nSPS) is 13.8. The SMILES string of the molecule is CCc1nn(C)c2c1-c1c(F)ccc3c(CCCOc4cc(C)c(Cl)c(C)c4)c(C=O)n(c13)CCCCOC2. The maximum atomic E-state index is 15.8. The minimum absolute atomic E-state index is 0.315. The first-order valence-corrected chi connectivity index (χ1v) is 14.0. The number of hydrogen-bond donors (Lipinski definition) is 0. The number of hydrogen-bond acceptors (Lipinski definition) is 4. The van der Waals surface area contributed by atoms with E-state index in [9.17, 15) is 4.79 Å². The molecule has 0 fully saturated rings. The van der Waals surface area contributed by atoms with Gasteiger partial charge in [0.15, 0.2) is 6.29 Å². The number of aromatic nitrogens is 3. The van der Waals surface area contributed by atoms with Gasteiger partial charge in [0.1, 0.15) is 11.6 Å². The van der Waals surface area contributed by atoms with E-state index in [-0.39, 0.29) is 5.82 Å². The molecular formula is C31H35ClFN3O3. The second-order valence-electron chi connectivity index (χ2n) is 10.3. The van der Waals surface area contributed by atoms with E-state index in [1.807, 2.05) is 50.6 Å². The van der Waals surface area contributed by atoms with E-state index in [0.717, 1.165) is 74.4 Å². The second kappa shape index (κ2) is 11.5. The van der Waals surface area contributed by atoms with Crippen molar-refractivity contribution in [1.82, 2.24) is 14.3 Å². The van der Waals surface area contributed by atoms with Crippen LogP contribution in [0.3, 0.4) is 0 Å². The van der Waals surface area contributed by atoms with Gasteiger partial charge in [-0.15, -0.1) is 0 Å². The summed E-state index contributed by atoms with van der Waals surface area (Å²) in [6.07, 6.45) is 4.60. The van der Waals surface area contributed by atoms with Gasteiger partial charge in [0, 0.05) is 41.7 Å². The van der Waals surface area contributed by atoms with Gasteiger partial charge in [-0.25, -0.2) is 4.39 Å². The number of aldehydes is 1. The van der Waals surface area contributed by atoms with Crippen LogP contribution in [-0.2, 0) is 37.8 Å². The lowest BCUT2D eigenvalue weighted by Gasteiger charge is -2.13. The van der Waals surface area contributed by atoms with Crippen molar-refractivity contribution in [2.75, 3.05) is 13.2 Å². The molecule has 0 aliphatic carbocycles. The third kappa shape index (κ3) is 5.10. The van der Waals surface area contributed by atoms with Crippen molar-refractivity contribution in [2.24, 2.45) is 7.05 Å². The first kappa shape index (κ1) is 27.4. The Morgan fingerprint density at radius 3 is 2.67 bits per heavy atom. The fraction of sp³-hybridized carbons (Fsp3) is 0.419. The Morgan fingerprint density at radius 2 is 1.95 bits per heavy atom. The summed E-state index contributed by atoms with van der Waals surface area (Å²) < 4.78 is 31.6. The smallest absolute Gasteiger partial charge is 0.166 e. The number of aryl methyl sites for hydroxylation is 6. The van der Waals surface area contributed by atoms with Crippen LogP contribution in [0.5, 0.6) is 5.75 Å². The van der Waals surface area contributed by atoms with Crippen LogP contribution in [-0.4, -0.2) is 33.8 Å². The molecule has 2 aromatic carbocycles. The van der Waals surface area contributed by atoms with Crippen molar-refractivity contribution in [3.8, 4) is 16.9 Å². The summed E-state index contributed by atoms with van der Waals surface area (Å²) in [5, 5.41) is 6.36. The van der Waals surface area contributed by atoms with E-state index in [1.54, 1.807) is 4.68 Å². The van der Waals surface area contributed by atoms with Crippen molar-refractivity contribution in [3.63, 3.8) is 0 Å². The molecule has 0 radical (unpaired) electrons. The van der Waals surface area contributed by atoms with Gasteiger partial charge in [0.2, 0.25) is 0 Å². The molecule has 206 valence electrons. The Morgan fingerprint density at radius 1 is 1.18 bits per heavy atom. The zero-order valence-corrected chi connectivity index (χ0v) is 23.8. The molecule has 0 saturated carbocycles. The Balaban J connectivity index is 1.57. The molecule has 0 bridgehead atoms. The van der Waals surface area contributed by atoms with Crippen LogP contribution >= 0.6 is 11.6 Å². The summed E-state index contributed by atoms with van der Waals surface area (Å²) in [6.45, 7) is 8.02. The summed E-state index contributed by atoms with van der Waals surface area (Å²) in [4.78, 5) is 12.6. The predicted octanol–water partition coefficient (Wildman–Crippen LogP) is 7.15. The molecule has 0 atom stereocenters. The Labute approximate surface area is 233 Å². The molecule has 0 N–H and O–H groups in total. The van der Waals surface area contributed by atoms with Crippen LogP contribution in [0, 0.1) is 19.7 Å². The number of rotatable bonds is 7. The quantitative estimate of drug-likeness (QED) is 0.181. The number of fused-ring (bicyclic) bond motifs is 2. The van der Waals surface area contributed by atoms with Crippen LogP contribution in [0.2, 0.25) is 5.02 Å². The maximum Gasteiger partial charge on any atom is 0.166 e. The average molecular weight is 552 g/mol. The monoisotopic (exact) mass is 551 g/mol. The summed E-state index contributed by atoms with van der Waals surface area (Å²) >= 11 is 6.30. The molecule has 8 heteroatoms. The highest BCUT2D eigenvalue weighted by atomic mass is 35.5. The molecule has 0 spiro atoms. The first-order chi connectivity index (χ1) is 18.8. The van der Waals surface area contributed by atoms with E-state index >= 15 is 4.39 Å². The topological polar surface area (TPSA) is 58.3 Å². The fourth-order valence-electron chi connectivity index (χ4n) is 5.77. The number of carbonyl (C=O) groups excluding carboxylic acids is 1. The molecule has 6 nitrogen and oxygen atoms in total. The van der Waals surface area contributed by atoms with Crippen molar-refractivity contribution >= 4 is 28.8 Å². The van der Waals surface area contributed by atoms with Gasteiger partial charge in [0.05, 0.1) is 35.8 Å². The highest BCUT2D eigenvalue weighted by molar-refractivity contribution is 6.32. The molecular weight excluding hydrogens is 517 g/mol. The molecule has 0 saturated heterocycles. The van der Waals surface area contributed by atoms with Gasteiger partial charge in [-0.1, -0.05) is 18.5 Å². The maximum absolute atomic E-state index is 15.8. The van der Waals surface area contributed by atoms with Gasteiger partial charge in [0.25, 0.3) is 0 Å².